The predicted octanol–water partition coefficient (Wildman–Crippen LogP) is 5.86. The van der Waals surface area contributed by atoms with Crippen LogP contribution in [0, 0.1) is 29.6 Å². The van der Waals surface area contributed by atoms with Gasteiger partial charge in [0.05, 0.1) is 24.9 Å². The average Bonchev–Trinajstić information content (AvgIpc) is 2.74. The Morgan fingerprint density at radius 3 is 2.31 bits per heavy atom. The van der Waals surface area contributed by atoms with Gasteiger partial charge < -0.3 is 9.47 Å². The first-order valence-electron chi connectivity index (χ1n) is 10.4. The zero-order valence-corrected chi connectivity index (χ0v) is 16.9. The van der Waals surface area contributed by atoms with E-state index >= 15 is 0 Å². The molecule has 1 heterocycles. The van der Waals surface area contributed by atoms with Crippen LogP contribution in [-0.2, 0) is 15.7 Å². The summed E-state index contributed by atoms with van der Waals surface area (Å²) in [7, 11) is 0. The van der Waals surface area contributed by atoms with Gasteiger partial charge in [-0.1, -0.05) is 24.8 Å². The number of hydrogen-bond acceptors (Lipinski definition) is 2. The van der Waals surface area contributed by atoms with E-state index in [1.165, 1.54) is 25.0 Å². The second-order valence-electron chi connectivity index (χ2n) is 8.02. The van der Waals surface area contributed by atoms with Crippen molar-refractivity contribution in [1.82, 2.24) is 0 Å². The van der Waals surface area contributed by atoms with E-state index in [1.807, 2.05) is 0 Å². The highest BCUT2D eigenvalue weighted by atomic mass is 19.4. The van der Waals surface area contributed by atoms with Gasteiger partial charge >= 0.3 is 6.18 Å². The number of alkyl halides is 3. The van der Waals surface area contributed by atoms with Crippen molar-refractivity contribution in [3.63, 3.8) is 0 Å². The van der Waals surface area contributed by atoms with Gasteiger partial charge in [-0.15, -0.1) is 6.58 Å². The fourth-order valence-electron chi connectivity index (χ4n) is 4.42. The van der Waals surface area contributed by atoms with Gasteiger partial charge in [-0.3, -0.25) is 0 Å². The summed E-state index contributed by atoms with van der Waals surface area (Å²) in [6.07, 6.45) is 3.45. The van der Waals surface area contributed by atoms with Gasteiger partial charge in [-0.05, 0) is 74.1 Å². The third-order valence-electron chi connectivity index (χ3n) is 6.24. The van der Waals surface area contributed by atoms with Crippen molar-refractivity contribution in [2.45, 2.75) is 57.4 Å². The molecule has 5 heteroatoms. The fourth-order valence-corrected chi connectivity index (χ4v) is 4.42. The molecule has 1 aliphatic heterocycles. The Kier molecular flexibility index (Phi) is 7.43. The maximum atomic E-state index is 12.6. The highest BCUT2D eigenvalue weighted by Gasteiger charge is 2.33. The molecule has 1 saturated carbocycles. The maximum absolute atomic E-state index is 12.6. The molecule has 1 saturated heterocycles. The first-order valence-corrected chi connectivity index (χ1v) is 10.4. The van der Waals surface area contributed by atoms with E-state index in [0.29, 0.717) is 30.6 Å². The van der Waals surface area contributed by atoms with Crippen molar-refractivity contribution in [2.75, 3.05) is 13.2 Å². The van der Waals surface area contributed by atoms with Crippen LogP contribution in [0.15, 0.2) is 36.9 Å². The molecular formula is C24H29F3O2. The molecule has 0 spiro atoms. The maximum Gasteiger partial charge on any atom is 0.416 e. The van der Waals surface area contributed by atoms with Crippen LogP contribution in [0.25, 0.3) is 0 Å². The topological polar surface area (TPSA) is 18.5 Å². The summed E-state index contributed by atoms with van der Waals surface area (Å²) in [5.74, 6) is 7.73. The van der Waals surface area contributed by atoms with E-state index in [9.17, 15) is 13.2 Å². The standard InChI is InChI=1S/C24H29F3O2/c1-3-18(4-2)19-8-10-20(11-9-19)23-16-28-22(15-29-23)14-7-17-5-12-21(13-6-17)24(25,26)27/h3,5-6,12-13,18-20,22-23H,1,4,8-11,15-16H2,2H3/t18?,19-,20-,22?,23?. The molecule has 0 aromatic heterocycles. The van der Waals surface area contributed by atoms with Crippen molar-refractivity contribution >= 4 is 0 Å². The molecule has 1 aromatic carbocycles. The Morgan fingerprint density at radius 1 is 1.10 bits per heavy atom. The van der Waals surface area contributed by atoms with E-state index in [4.69, 9.17) is 9.47 Å². The van der Waals surface area contributed by atoms with E-state index in [2.05, 4.69) is 31.4 Å². The molecule has 0 bridgehead atoms. The number of rotatable bonds is 4. The monoisotopic (exact) mass is 406 g/mol. The second kappa shape index (κ2) is 9.82. The normalized spacial score (nSPS) is 28.8. The van der Waals surface area contributed by atoms with Gasteiger partial charge in [-0.2, -0.15) is 13.2 Å². The molecule has 0 radical (unpaired) electrons. The molecule has 3 unspecified atom stereocenters. The SMILES string of the molecule is C=CC(CC)[C@H]1CC[C@H](C2COC(C#Cc3ccc(C(F)(F)F)cc3)CO2)CC1. The van der Waals surface area contributed by atoms with Crippen LogP contribution in [0.3, 0.4) is 0 Å². The van der Waals surface area contributed by atoms with Crippen molar-refractivity contribution < 1.29 is 22.6 Å². The van der Waals surface area contributed by atoms with Crippen molar-refractivity contribution in [1.29, 1.82) is 0 Å². The summed E-state index contributed by atoms with van der Waals surface area (Å²) < 4.78 is 49.7. The van der Waals surface area contributed by atoms with Crippen molar-refractivity contribution in [2.24, 2.45) is 17.8 Å². The van der Waals surface area contributed by atoms with Crippen molar-refractivity contribution in [3.05, 3.63) is 48.0 Å². The van der Waals surface area contributed by atoms with Gasteiger partial charge in [0.1, 0.15) is 6.10 Å². The number of allylic oxidation sites excluding steroid dienone is 1. The zero-order valence-electron chi connectivity index (χ0n) is 16.9. The second-order valence-corrected chi connectivity index (χ2v) is 8.02. The highest BCUT2D eigenvalue weighted by Crippen LogP contribution is 2.38. The minimum atomic E-state index is -4.33. The third kappa shape index (κ3) is 5.87. The molecule has 1 aromatic rings. The Bertz CT molecular complexity index is 713. The Hall–Kier alpha value is -1.77. The van der Waals surface area contributed by atoms with Crippen LogP contribution in [0.2, 0.25) is 0 Å². The number of halogens is 3. The fraction of sp³-hybridized carbons (Fsp3) is 0.583. The van der Waals surface area contributed by atoms with E-state index in [1.54, 1.807) is 0 Å². The van der Waals surface area contributed by atoms with Crippen LogP contribution in [0.5, 0.6) is 0 Å². The smallest absolute Gasteiger partial charge is 0.372 e. The van der Waals surface area contributed by atoms with Crippen LogP contribution in [0.4, 0.5) is 13.2 Å². The molecule has 2 nitrogen and oxygen atoms in total. The van der Waals surface area contributed by atoms with E-state index < -0.39 is 11.7 Å². The molecule has 3 atom stereocenters. The van der Waals surface area contributed by atoms with Crippen LogP contribution < -0.4 is 0 Å². The minimum Gasteiger partial charge on any atom is -0.372 e. The summed E-state index contributed by atoms with van der Waals surface area (Å²) in [4.78, 5) is 0. The minimum absolute atomic E-state index is 0.115. The number of hydrogen-bond donors (Lipinski definition) is 0. The van der Waals surface area contributed by atoms with Crippen LogP contribution in [-0.4, -0.2) is 25.4 Å². The quantitative estimate of drug-likeness (QED) is 0.461. The lowest BCUT2D eigenvalue weighted by molar-refractivity contribution is -0.138. The Balaban J connectivity index is 1.46. The number of benzene rings is 1. The summed E-state index contributed by atoms with van der Waals surface area (Å²) in [6.45, 7) is 7.13. The Labute approximate surface area is 171 Å². The first-order chi connectivity index (χ1) is 13.9. The van der Waals surface area contributed by atoms with E-state index in [0.717, 1.165) is 37.3 Å². The van der Waals surface area contributed by atoms with Crippen molar-refractivity contribution in [3.8, 4) is 11.8 Å². The van der Waals surface area contributed by atoms with Gasteiger partial charge in [0.25, 0.3) is 0 Å². The molecule has 0 amide bonds. The number of ether oxygens (including phenoxy) is 2. The lowest BCUT2D eigenvalue weighted by Crippen LogP contribution is -2.41. The predicted molar refractivity (Wildman–Crippen MR) is 107 cm³/mol. The molecule has 2 aliphatic rings. The summed E-state index contributed by atoms with van der Waals surface area (Å²) >= 11 is 0. The summed E-state index contributed by atoms with van der Waals surface area (Å²) in [5.41, 5.74) is -0.133. The summed E-state index contributed by atoms with van der Waals surface area (Å²) in [5, 5.41) is 0. The highest BCUT2D eigenvalue weighted by molar-refractivity contribution is 5.37. The lowest BCUT2D eigenvalue weighted by atomic mass is 9.73. The first kappa shape index (κ1) is 21.9. The van der Waals surface area contributed by atoms with Crippen LogP contribution in [0.1, 0.15) is 50.2 Å². The zero-order chi connectivity index (χ0) is 20.9. The lowest BCUT2D eigenvalue weighted by Gasteiger charge is -2.38. The molecule has 3 rings (SSSR count). The average molecular weight is 406 g/mol. The molecule has 2 fully saturated rings. The van der Waals surface area contributed by atoms with E-state index in [-0.39, 0.29) is 12.2 Å². The van der Waals surface area contributed by atoms with Gasteiger partial charge in [0, 0.05) is 5.56 Å². The third-order valence-corrected chi connectivity index (χ3v) is 6.24. The molecule has 0 N–H and O–H groups in total. The Morgan fingerprint density at radius 2 is 1.79 bits per heavy atom. The molecule has 29 heavy (non-hydrogen) atoms. The van der Waals surface area contributed by atoms with Gasteiger partial charge in [0.15, 0.2) is 0 Å². The summed E-state index contributed by atoms with van der Waals surface area (Å²) in [6, 6.07) is 4.86. The van der Waals surface area contributed by atoms with Crippen LogP contribution >= 0.6 is 0 Å². The molecule has 158 valence electrons. The molecular weight excluding hydrogens is 377 g/mol. The van der Waals surface area contributed by atoms with Gasteiger partial charge in [-0.25, -0.2) is 0 Å². The van der Waals surface area contributed by atoms with Gasteiger partial charge in [0.2, 0.25) is 0 Å². The molecule has 1 aliphatic carbocycles. The largest absolute Gasteiger partial charge is 0.416 e.